The fourth-order valence-electron chi connectivity index (χ4n) is 2.38. The Bertz CT molecular complexity index is 893. The van der Waals surface area contributed by atoms with Gasteiger partial charge in [0.05, 0.1) is 20.9 Å². The van der Waals surface area contributed by atoms with Gasteiger partial charge in [-0.25, -0.2) is 4.98 Å². The van der Waals surface area contributed by atoms with Crippen molar-refractivity contribution in [1.29, 1.82) is 0 Å². The SMILES string of the molecule is O=C(COC(=O)CCCc1nc2ccccc2s1)Nc1ccccc1I. The Morgan fingerprint density at radius 2 is 1.88 bits per heavy atom. The van der Waals surface area contributed by atoms with Crippen LogP contribution in [0.3, 0.4) is 0 Å². The minimum Gasteiger partial charge on any atom is -0.456 e. The Hall–Kier alpha value is -2.00. The number of benzene rings is 2. The number of halogens is 1. The number of fused-ring (bicyclic) bond motifs is 1. The number of amides is 1. The van der Waals surface area contributed by atoms with Crippen LogP contribution in [0.4, 0.5) is 5.69 Å². The lowest BCUT2D eigenvalue weighted by molar-refractivity contribution is -0.147. The van der Waals surface area contributed by atoms with Crippen molar-refractivity contribution in [3.05, 3.63) is 57.1 Å². The van der Waals surface area contributed by atoms with Crippen molar-refractivity contribution in [2.24, 2.45) is 0 Å². The molecule has 0 bridgehead atoms. The van der Waals surface area contributed by atoms with Gasteiger partial charge in [0, 0.05) is 9.99 Å². The molecule has 0 aliphatic rings. The highest BCUT2D eigenvalue weighted by atomic mass is 127. The van der Waals surface area contributed by atoms with Gasteiger partial charge in [-0.2, -0.15) is 0 Å². The number of esters is 1. The highest BCUT2D eigenvalue weighted by Gasteiger charge is 2.10. The molecule has 0 unspecified atom stereocenters. The minimum atomic E-state index is -0.371. The van der Waals surface area contributed by atoms with E-state index in [1.54, 1.807) is 17.4 Å². The topological polar surface area (TPSA) is 68.3 Å². The summed E-state index contributed by atoms with van der Waals surface area (Å²) >= 11 is 3.78. The average Bonchev–Trinajstić information content (AvgIpc) is 3.05. The summed E-state index contributed by atoms with van der Waals surface area (Å²) in [5.41, 5.74) is 1.70. The summed E-state index contributed by atoms with van der Waals surface area (Å²) in [5.74, 6) is -0.711. The van der Waals surface area contributed by atoms with Crippen molar-refractivity contribution < 1.29 is 14.3 Å². The van der Waals surface area contributed by atoms with E-state index in [-0.39, 0.29) is 24.9 Å². The lowest BCUT2D eigenvalue weighted by atomic mass is 10.2. The molecule has 0 radical (unpaired) electrons. The third-order valence-electron chi connectivity index (χ3n) is 3.62. The largest absolute Gasteiger partial charge is 0.456 e. The zero-order valence-corrected chi connectivity index (χ0v) is 16.9. The molecule has 1 heterocycles. The molecule has 3 rings (SSSR count). The Labute approximate surface area is 168 Å². The molecule has 2 aromatic carbocycles. The number of hydrogen-bond donors (Lipinski definition) is 1. The van der Waals surface area contributed by atoms with Gasteiger partial charge in [0.25, 0.3) is 5.91 Å². The summed E-state index contributed by atoms with van der Waals surface area (Å²) in [7, 11) is 0. The van der Waals surface area contributed by atoms with Crippen LogP contribution in [0.5, 0.6) is 0 Å². The first kappa shape index (κ1) is 18.8. The van der Waals surface area contributed by atoms with E-state index in [0.29, 0.717) is 12.1 Å². The van der Waals surface area contributed by atoms with Crippen molar-refractivity contribution in [2.45, 2.75) is 19.3 Å². The maximum absolute atomic E-state index is 11.9. The van der Waals surface area contributed by atoms with Crippen molar-refractivity contribution >= 4 is 61.7 Å². The lowest BCUT2D eigenvalue weighted by Crippen LogP contribution is -2.21. The van der Waals surface area contributed by atoms with E-state index >= 15 is 0 Å². The van der Waals surface area contributed by atoms with Gasteiger partial charge in [0.1, 0.15) is 0 Å². The van der Waals surface area contributed by atoms with Crippen LogP contribution in [0.1, 0.15) is 17.8 Å². The number of ether oxygens (including phenoxy) is 1. The van der Waals surface area contributed by atoms with Crippen LogP contribution >= 0.6 is 33.9 Å². The fourth-order valence-corrected chi connectivity index (χ4v) is 3.91. The number of rotatable bonds is 7. The van der Waals surface area contributed by atoms with Crippen LogP contribution in [0.15, 0.2) is 48.5 Å². The van der Waals surface area contributed by atoms with Crippen LogP contribution in [0.25, 0.3) is 10.2 Å². The van der Waals surface area contributed by atoms with Gasteiger partial charge in [-0.1, -0.05) is 24.3 Å². The Kier molecular flexibility index (Phi) is 6.56. The van der Waals surface area contributed by atoms with Gasteiger partial charge in [-0.3, -0.25) is 9.59 Å². The van der Waals surface area contributed by atoms with Gasteiger partial charge >= 0.3 is 5.97 Å². The molecule has 26 heavy (non-hydrogen) atoms. The number of nitrogens with zero attached hydrogens (tertiary/aromatic N) is 1. The van der Waals surface area contributed by atoms with Crippen LogP contribution in [-0.2, 0) is 20.7 Å². The monoisotopic (exact) mass is 480 g/mol. The first-order chi connectivity index (χ1) is 12.6. The number of nitrogens with one attached hydrogen (secondary N) is 1. The second-order valence-corrected chi connectivity index (χ2v) is 7.89. The zero-order valence-electron chi connectivity index (χ0n) is 13.9. The summed E-state index contributed by atoms with van der Waals surface area (Å²) < 4.78 is 7.12. The van der Waals surface area contributed by atoms with E-state index in [2.05, 4.69) is 32.9 Å². The van der Waals surface area contributed by atoms with Crippen LogP contribution in [0, 0.1) is 3.57 Å². The van der Waals surface area contributed by atoms with Gasteiger partial charge in [-0.15, -0.1) is 11.3 Å². The third-order valence-corrected chi connectivity index (χ3v) is 5.66. The molecule has 7 heteroatoms. The number of aromatic nitrogens is 1. The summed E-state index contributed by atoms with van der Waals surface area (Å²) in [6.07, 6.45) is 1.64. The predicted molar refractivity (Wildman–Crippen MR) is 111 cm³/mol. The van der Waals surface area contributed by atoms with E-state index in [4.69, 9.17) is 4.74 Å². The molecule has 5 nitrogen and oxygen atoms in total. The number of thiazole rings is 1. The number of carbonyl (C=O) groups is 2. The van der Waals surface area contributed by atoms with Crippen LogP contribution < -0.4 is 5.32 Å². The normalized spacial score (nSPS) is 10.7. The Morgan fingerprint density at radius 1 is 1.12 bits per heavy atom. The second-order valence-electron chi connectivity index (χ2n) is 5.62. The Morgan fingerprint density at radius 3 is 2.69 bits per heavy atom. The predicted octanol–water partition coefficient (Wildman–Crippen LogP) is 4.41. The van der Waals surface area contributed by atoms with Gasteiger partial charge in [0.2, 0.25) is 0 Å². The van der Waals surface area contributed by atoms with Crippen molar-refractivity contribution in [1.82, 2.24) is 4.98 Å². The molecular weight excluding hydrogens is 463 g/mol. The summed E-state index contributed by atoms with van der Waals surface area (Å²) in [5, 5.41) is 3.74. The molecule has 1 aromatic heterocycles. The Balaban J connectivity index is 1.38. The molecule has 0 atom stereocenters. The molecule has 1 N–H and O–H groups in total. The van der Waals surface area contributed by atoms with Crippen LogP contribution in [-0.4, -0.2) is 23.5 Å². The van der Waals surface area contributed by atoms with E-state index in [1.165, 1.54) is 0 Å². The standard InChI is InChI=1S/C19H17IN2O3S/c20-13-6-1-2-7-14(13)21-17(23)12-25-19(24)11-5-10-18-22-15-8-3-4-9-16(15)26-18/h1-4,6-9H,5,10-12H2,(H,21,23). The molecule has 0 saturated heterocycles. The second kappa shape index (κ2) is 9.09. The van der Waals surface area contributed by atoms with E-state index in [1.807, 2.05) is 42.5 Å². The number of aryl methyl sites for hydroxylation is 1. The summed E-state index contributed by atoms with van der Waals surface area (Å²) in [6, 6.07) is 15.4. The number of carbonyl (C=O) groups excluding carboxylic acids is 2. The highest BCUT2D eigenvalue weighted by Crippen LogP contribution is 2.22. The van der Waals surface area contributed by atoms with Crippen LogP contribution in [0.2, 0.25) is 0 Å². The lowest BCUT2D eigenvalue weighted by Gasteiger charge is -2.07. The molecule has 1 amide bonds. The van der Waals surface area contributed by atoms with Gasteiger partial charge in [0.15, 0.2) is 6.61 Å². The van der Waals surface area contributed by atoms with E-state index < -0.39 is 0 Å². The smallest absolute Gasteiger partial charge is 0.306 e. The van der Waals surface area contributed by atoms with Gasteiger partial charge < -0.3 is 10.1 Å². The quantitative estimate of drug-likeness (QED) is 0.402. The minimum absolute atomic E-state index is 0.270. The summed E-state index contributed by atoms with van der Waals surface area (Å²) in [6.45, 7) is -0.273. The first-order valence-electron chi connectivity index (χ1n) is 8.16. The maximum atomic E-state index is 11.9. The molecule has 0 saturated carbocycles. The molecule has 0 spiro atoms. The molecule has 0 aliphatic heterocycles. The van der Waals surface area contributed by atoms with Gasteiger partial charge in [-0.05, 0) is 59.7 Å². The van der Waals surface area contributed by atoms with E-state index in [0.717, 1.165) is 25.2 Å². The van der Waals surface area contributed by atoms with Crippen molar-refractivity contribution in [3.63, 3.8) is 0 Å². The molecule has 134 valence electrons. The fraction of sp³-hybridized carbons (Fsp3) is 0.211. The summed E-state index contributed by atoms with van der Waals surface area (Å²) in [4.78, 5) is 28.2. The zero-order chi connectivity index (χ0) is 18.4. The van der Waals surface area contributed by atoms with Crippen molar-refractivity contribution in [3.8, 4) is 0 Å². The number of anilines is 1. The third kappa shape index (κ3) is 5.25. The molecule has 0 fully saturated rings. The number of hydrogen-bond acceptors (Lipinski definition) is 5. The average molecular weight is 480 g/mol. The molecular formula is C19H17IN2O3S. The first-order valence-corrected chi connectivity index (χ1v) is 10.1. The molecule has 0 aliphatic carbocycles. The number of para-hydroxylation sites is 2. The van der Waals surface area contributed by atoms with E-state index in [9.17, 15) is 9.59 Å². The molecule has 3 aromatic rings. The maximum Gasteiger partial charge on any atom is 0.306 e. The van der Waals surface area contributed by atoms with Crippen molar-refractivity contribution in [2.75, 3.05) is 11.9 Å². The highest BCUT2D eigenvalue weighted by molar-refractivity contribution is 14.1.